The Labute approximate surface area is 65.4 Å². The van der Waals surface area contributed by atoms with E-state index in [0.717, 1.165) is 0 Å². The van der Waals surface area contributed by atoms with E-state index in [2.05, 4.69) is 11.6 Å². The van der Waals surface area contributed by atoms with E-state index in [1.54, 1.807) is 6.92 Å². The van der Waals surface area contributed by atoms with Gasteiger partial charge < -0.3 is 22.9 Å². The number of rotatable bonds is 2. The zero-order valence-electron chi connectivity index (χ0n) is 6.46. The standard InChI is InChI=1S/C6H13N5/c1-3(7)5(9)6(10)11-4(2)8/h1,7,9-10H2,2H3,(H2,8,11)/b6-5+. The molecule has 5 heteroatoms. The minimum Gasteiger partial charge on any atom is -0.397 e. The molecule has 0 saturated heterocycles. The average Bonchev–Trinajstić information content (AvgIpc) is 1.84. The summed E-state index contributed by atoms with van der Waals surface area (Å²) < 4.78 is 0. The van der Waals surface area contributed by atoms with Gasteiger partial charge in [-0.05, 0) is 6.92 Å². The molecule has 0 heterocycles. The van der Waals surface area contributed by atoms with E-state index in [9.17, 15) is 0 Å². The lowest BCUT2D eigenvalue weighted by Gasteiger charge is -2.01. The minimum atomic E-state index is 0.0949. The summed E-state index contributed by atoms with van der Waals surface area (Å²) >= 11 is 0. The molecule has 0 aromatic carbocycles. The lowest BCUT2D eigenvalue weighted by Crippen LogP contribution is -2.17. The van der Waals surface area contributed by atoms with Crippen LogP contribution >= 0.6 is 0 Å². The predicted molar refractivity (Wildman–Crippen MR) is 46.0 cm³/mol. The first kappa shape index (κ1) is 9.35. The molecule has 0 bridgehead atoms. The van der Waals surface area contributed by atoms with E-state index in [4.69, 9.17) is 22.9 Å². The second kappa shape index (κ2) is 3.50. The van der Waals surface area contributed by atoms with Gasteiger partial charge in [-0.3, -0.25) is 0 Å². The van der Waals surface area contributed by atoms with Crippen LogP contribution in [0.2, 0.25) is 0 Å². The zero-order chi connectivity index (χ0) is 9.02. The smallest absolute Gasteiger partial charge is 0.150 e. The van der Waals surface area contributed by atoms with Crippen molar-refractivity contribution in [3.63, 3.8) is 0 Å². The van der Waals surface area contributed by atoms with Gasteiger partial charge in [-0.25, -0.2) is 4.99 Å². The summed E-state index contributed by atoms with van der Waals surface area (Å²) in [5.74, 6) is 0.421. The van der Waals surface area contributed by atoms with Gasteiger partial charge in [0, 0.05) is 0 Å². The molecule has 0 unspecified atom stereocenters. The van der Waals surface area contributed by atoms with Crippen molar-refractivity contribution < 1.29 is 0 Å². The Morgan fingerprint density at radius 2 is 1.64 bits per heavy atom. The van der Waals surface area contributed by atoms with Gasteiger partial charge in [0.25, 0.3) is 0 Å². The highest BCUT2D eigenvalue weighted by Gasteiger charge is 1.97. The van der Waals surface area contributed by atoms with Crippen molar-refractivity contribution in [1.29, 1.82) is 0 Å². The molecule has 0 aromatic rings. The summed E-state index contributed by atoms with van der Waals surface area (Å²) in [5, 5.41) is 0. The third-order valence-electron chi connectivity index (χ3n) is 0.919. The summed E-state index contributed by atoms with van der Waals surface area (Å²) in [7, 11) is 0. The molecule has 0 saturated carbocycles. The Kier molecular flexibility index (Phi) is 2.98. The van der Waals surface area contributed by atoms with E-state index in [-0.39, 0.29) is 17.2 Å². The monoisotopic (exact) mass is 155 g/mol. The largest absolute Gasteiger partial charge is 0.397 e. The normalized spacial score (nSPS) is 14.1. The fraction of sp³-hybridized carbons (Fsp3) is 0.167. The summed E-state index contributed by atoms with van der Waals surface area (Å²) in [5.41, 5.74) is 21.6. The highest BCUT2D eigenvalue weighted by atomic mass is 15.0. The molecule has 62 valence electrons. The van der Waals surface area contributed by atoms with Gasteiger partial charge in [0.05, 0.1) is 17.2 Å². The zero-order valence-corrected chi connectivity index (χ0v) is 6.46. The van der Waals surface area contributed by atoms with Crippen LogP contribution in [0.25, 0.3) is 0 Å². The third-order valence-corrected chi connectivity index (χ3v) is 0.919. The maximum atomic E-state index is 5.38. The van der Waals surface area contributed by atoms with Crippen molar-refractivity contribution in [3.05, 3.63) is 23.8 Å². The van der Waals surface area contributed by atoms with E-state index in [1.165, 1.54) is 0 Å². The summed E-state index contributed by atoms with van der Waals surface area (Å²) in [6.45, 7) is 4.98. The average molecular weight is 155 g/mol. The molecule has 0 aliphatic carbocycles. The molecule has 11 heavy (non-hydrogen) atoms. The molecule has 5 nitrogen and oxygen atoms in total. The molecule has 0 rings (SSSR count). The fourth-order valence-corrected chi connectivity index (χ4v) is 0.415. The molecule has 0 aliphatic heterocycles. The molecular weight excluding hydrogens is 142 g/mol. The van der Waals surface area contributed by atoms with Crippen molar-refractivity contribution in [3.8, 4) is 0 Å². The predicted octanol–water partition coefficient (Wildman–Crippen LogP) is -1.08. The number of aliphatic imine (C=N–C) groups is 1. The fourth-order valence-electron chi connectivity index (χ4n) is 0.415. The quantitative estimate of drug-likeness (QED) is 0.230. The van der Waals surface area contributed by atoms with E-state index >= 15 is 0 Å². The number of hydrogen-bond donors (Lipinski definition) is 4. The summed E-state index contributed by atoms with van der Waals surface area (Å²) in [6.07, 6.45) is 0. The van der Waals surface area contributed by atoms with Crippen molar-refractivity contribution in [2.45, 2.75) is 6.92 Å². The van der Waals surface area contributed by atoms with Crippen molar-refractivity contribution >= 4 is 5.84 Å². The second-order valence-corrected chi connectivity index (χ2v) is 2.08. The molecule has 0 aromatic heterocycles. The highest BCUT2D eigenvalue weighted by molar-refractivity contribution is 5.78. The molecule has 0 amide bonds. The number of nitrogens with two attached hydrogens (primary N) is 4. The lowest BCUT2D eigenvalue weighted by molar-refractivity contribution is 1.11. The third kappa shape index (κ3) is 3.14. The topological polar surface area (TPSA) is 116 Å². The SMILES string of the molecule is C=C(N)/C(N)=C(N)\N=C(/C)N. The van der Waals surface area contributed by atoms with E-state index in [1.807, 2.05) is 0 Å². The van der Waals surface area contributed by atoms with Crippen molar-refractivity contribution in [2.75, 3.05) is 0 Å². The first-order chi connectivity index (χ1) is 4.95. The maximum Gasteiger partial charge on any atom is 0.150 e. The number of nitrogens with zero attached hydrogens (tertiary/aromatic N) is 1. The van der Waals surface area contributed by atoms with Crippen molar-refractivity contribution in [1.82, 2.24) is 0 Å². The van der Waals surface area contributed by atoms with E-state index in [0.29, 0.717) is 5.84 Å². The van der Waals surface area contributed by atoms with Gasteiger partial charge in [-0.15, -0.1) is 0 Å². The van der Waals surface area contributed by atoms with Crippen LogP contribution in [-0.2, 0) is 0 Å². The van der Waals surface area contributed by atoms with Crippen molar-refractivity contribution in [2.24, 2.45) is 27.9 Å². The van der Waals surface area contributed by atoms with E-state index < -0.39 is 0 Å². The van der Waals surface area contributed by atoms with Crippen LogP contribution in [0.3, 0.4) is 0 Å². The summed E-state index contributed by atoms with van der Waals surface area (Å²) in [6, 6.07) is 0. The van der Waals surface area contributed by atoms with Gasteiger partial charge in [-0.2, -0.15) is 0 Å². The number of hydrogen-bond acceptors (Lipinski definition) is 4. The molecule has 8 N–H and O–H groups in total. The Morgan fingerprint density at radius 1 is 1.18 bits per heavy atom. The van der Waals surface area contributed by atoms with Gasteiger partial charge >= 0.3 is 0 Å². The van der Waals surface area contributed by atoms with Gasteiger partial charge in [0.2, 0.25) is 0 Å². The first-order valence-corrected chi connectivity index (χ1v) is 2.96. The van der Waals surface area contributed by atoms with Crippen LogP contribution in [-0.4, -0.2) is 5.84 Å². The number of amidine groups is 1. The van der Waals surface area contributed by atoms with Crippen LogP contribution in [0, 0.1) is 0 Å². The van der Waals surface area contributed by atoms with Crippen LogP contribution in [0.15, 0.2) is 28.8 Å². The molecule has 0 fully saturated rings. The molecule has 0 spiro atoms. The second-order valence-electron chi connectivity index (χ2n) is 2.08. The maximum absolute atomic E-state index is 5.38. The lowest BCUT2D eigenvalue weighted by atomic mass is 10.3. The Balaban J connectivity index is 4.68. The van der Waals surface area contributed by atoms with Gasteiger partial charge in [0.15, 0.2) is 5.82 Å². The first-order valence-electron chi connectivity index (χ1n) is 2.96. The van der Waals surface area contributed by atoms with Crippen LogP contribution in [0.1, 0.15) is 6.92 Å². The molecule has 0 atom stereocenters. The molecule has 0 aliphatic rings. The minimum absolute atomic E-state index is 0.0949. The van der Waals surface area contributed by atoms with Crippen LogP contribution < -0.4 is 22.9 Å². The van der Waals surface area contributed by atoms with Crippen LogP contribution in [0.5, 0.6) is 0 Å². The molecular formula is C6H13N5. The van der Waals surface area contributed by atoms with Gasteiger partial charge in [-0.1, -0.05) is 6.58 Å². The Bertz CT molecular complexity index is 221. The van der Waals surface area contributed by atoms with Crippen LogP contribution in [0.4, 0.5) is 0 Å². The molecule has 0 radical (unpaired) electrons. The Morgan fingerprint density at radius 3 is 1.91 bits per heavy atom. The highest BCUT2D eigenvalue weighted by Crippen LogP contribution is 1.97. The Hall–Kier alpha value is -1.65. The summed E-state index contributed by atoms with van der Waals surface area (Å²) in [4.78, 5) is 3.68. The van der Waals surface area contributed by atoms with Gasteiger partial charge in [0.1, 0.15) is 0 Å².